The minimum Gasteiger partial charge on any atom is -0.481 e. The van der Waals surface area contributed by atoms with E-state index in [4.69, 9.17) is 6.42 Å². The number of piperidine rings is 1. The van der Waals surface area contributed by atoms with E-state index in [2.05, 4.69) is 5.92 Å². The van der Waals surface area contributed by atoms with Crippen LogP contribution in [0.25, 0.3) is 0 Å². The van der Waals surface area contributed by atoms with Gasteiger partial charge in [0.1, 0.15) is 0 Å². The predicted molar refractivity (Wildman–Crippen MR) is 68.9 cm³/mol. The molecule has 1 saturated heterocycles. The van der Waals surface area contributed by atoms with Crippen molar-refractivity contribution in [2.75, 3.05) is 13.1 Å². The van der Waals surface area contributed by atoms with Crippen LogP contribution in [0.2, 0.25) is 0 Å². The Labute approximate surface area is 108 Å². The number of terminal acetylenes is 1. The Morgan fingerprint density at radius 2 is 2.22 bits per heavy atom. The summed E-state index contributed by atoms with van der Waals surface area (Å²) in [7, 11) is 0. The molecule has 100 valence electrons. The van der Waals surface area contributed by atoms with Crippen molar-refractivity contribution in [2.24, 2.45) is 5.41 Å². The average Bonchev–Trinajstić information content (AvgIpc) is 2.36. The Bertz CT molecular complexity index is 355. The fraction of sp³-hybridized carbons (Fsp3) is 0.714. The summed E-state index contributed by atoms with van der Waals surface area (Å²) in [5, 5.41) is 9.43. The van der Waals surface area contributed by atoms with Crippen LogP contribution in [0.4, 0.5) is 0 Å². The molecule has 1 aliphatic heterocycles. The fourth-order valence-electron chi connectivity index (χ4n) is 2.65. The van der Waals surface area contributed by atoms with Crippen LogP contribution in [0.1, 0.15) is 45.4 Å². The first kappa shape index (κ1) is 14.6. The van der Waals surface area contributed by atoms with E-state index in [-0.39, 0.29) is 5.91 Å². The first-order chi connectivity index (χ1) is 8.55. The highest BCUT2D eigenvalue weighted by atomic mass is 16.4. The molecule has 1 heterocycles. The number of rotatable bonds is 5. The summed E-state index contributed by atoms with van der Waals surface area (Å²) in [6.45, 7) is 2.96. The summed E-state index contributed by atoms with van der Waals surface area (Å²) >= 11 is 0. The van der Waals surface area contributed by atoms with Crippen molar-refractivity contribution in [3.05, 3.63) is 0 Å². The van der Waals surface area contributed by atoms with Crippen molar-refractivity contribution < 1.29 is 14.7 Å². The van der Waals surface area contributed by atoms with Gasteiger partial charge in [0, 0.05) is 25.9 Å². The zero-order valence-corrected chi connectivity index (χ0v) is 10.9. The molecular weight excluding hydrogens is 230 g/mol. The third-order valence-corrected chi connectivity index (χ3v) is 3.60. The standard InChI is InChI=1S/C14H21NO3/c1-3-5-7-12(16)15-10-6-9-14(11-15,8-4-2)13(17)18/h1H,4-11H2,2H3,(H,17,18). The Hall–Kier alpha value is -1.50. The zero-order chi connectivity index (χ0) is 13.6. The second-order valence-corrected chi connectivity index (χ2v) is 4.96. The summed E-state index contributed by atoms with van der Waals surface area (Å²) < 4.78 is 0. The van der Waals surface area contributed by atoms with Crippen molar-refractivity contribution in [1.29, 1.82) is 0 Å². The number of carbonyl (C=O) groups is 2. The fourth-order valence-corrected chi connectivity index (χ4v) is 2.65. The third-order valence-electron chi connectivity index (χ3n) is 3.60. The number of nitrogens with zero attached hydrogens (tertiary/aromatic N) is 1. The zero-order valence-electron chi connectivity index (χ0n) is 10.9. The van der Waals surface area contributed by atoms with E-state index in [1.165, 1.54) is 0 Å². The van der Waals surface area contributed by atoms with Gasteiger partial charge in [0.15, 0.2) is 0 Å². The Balaban J connectivity index is 2.72. The van der Waals surface area contributed by atoms with Gasteiger partial charge in [-0.1, -0.05) is 13.3 Å². The molecule has 4 heteroatoms. The van der Waals surface area contributed by atoms with Crippen molar-refractivity contribution in [2.45, 2.75) is 45.4 Å². The molecule has 18 heavy (non-hydrogen) atoms. The normalized spacial score (nSPS) is 23.4. The van der Waals surface area contributed by atoms with Crippen LogP contribution in [0.5, 0.6) is 0 Å². The summed E-state index contributed by atoms with van der Waals surface area (Å²) in [6.07, 6.45) is 8.74. The van der Waals surface area contributed by atoms with E-state index in [1.54, 1.807) is 4.90 Å². The second-order valence-electron chi connectivity index (χ2n) is 4.96. The number of hydrogen-bond donors (Lipinski definition) is 1. The van der Waals surface area contributed by atoms with E-state index in [0.717, 1.165) is 12.8 Å². The molecular formula is C14H21NO3. The number of carbonyl (C=O) groups excluding carboxylic acids is 1. The summed E-state index contributed by atoms with van der Waals surface area (Å²) in [6, 6.07) is 0. The van der Waals surface area contributed by atoms with E-state index in [1.807, 2.05) is 6.92 Å². The largest absolute Gasteiger partial charge is 0.481 e. The van der Waals surface area contributed by atoms with Crippen LogP contribution in [0.15, 0.2) is 0 Å². The SMILES string of the molecule is C#CCCC(=O)N1CCCC(CCC)(C(=O)O)C1. The molecule has 1 aliphatic rings. The molecule has 0 bridgehead atoms. The molecule has 0 aromatic heterocycles. The molecule has 1 amide bonds. The lowest BCUT2D eigenvalue weighted by atomic mass is 9.76. The maximum atomic E-state index is 11.9. The van der Waals surface area contributed by atoms with E-state index >= 15 is 0 Å². The minimum absolute atomic E-state index is 0.0191. The van der Waals surface area contributed by atoms with E-state index in [9.17, 15) is 14.7 Å². The first-order valence-electron chi connectivity index (χ1n) is 6.50. The lowest BCUT2D eigenvalue weighted by Crippen LogP contribution is -2.49. The van der Waals surface area contributed by atoms with Crippen LogP contribution in [-0.2, 0) is 9.59 Å². The number of carboxylic acids is 1. The van der Waals surface area contributed by atoms with Gasteiger partial charge in [-0.25, -0.2) is 0 Å². The van der Waals surface area contributed by atoms with Gasteiger partial charge in [0.25, 0.3) is 0 Å². The Morgan fingerprint density at radius 3 is 2.78 bits per heavy atom. The summed E-state index contributed by atoms with van der Waals surface area (Å²) in [5.41, 5.74) is -0.751. The highest BCUT2D eigenvalue weighted by Crippen LogP contribution is 2.35. The summed E-state index contributed by atoms with van der Waals surface area (Å²) in [4.78, 5) is 25.1. The number of carboxylic acid groups (broad SMARTS) is 1. The molecule has 4 nitrogen and oxygen atoms in total. The minimum atomic E-state index is -0.779. The number of hydrogen-bond acceptors (Lipinski definition) is 2. The van der Waals surface area contributed by atoms with Crippen LogP contribution < -0.4 is 0 Å². The molecule has 0 spiro atoms. The van der Waals surface area contributed by atoms with Gasteiger partial charge in [-0.3, -0.25) is 9.59 Å². The molecule has 0 aromatic carbocycles. The molecule has 0 saturated carbocycles. The maximum absolute atomic E-state index is 11.9. The van der Waals surface area contributed by atoms with Crippen LogP contribution in [0, 0.1) is 17.8 Å². The lowest BCUT2D eigenvalue weighted by molar-refractivity contribution is -0.155. The quantitative estimate of drug-likeness (QED) is 0.759. The molecule has 1 atom stereocenters. The van der Waals surface area contributed by atoms with Crippen molar-refractivity contribution in [1.82, 2.24) is 4.90 Å². The molecule has 0 aliphatic carbocycles. The maximum Gasteiger partial charge on any atom is 0.311 e. The molecule has 1 fully saturated rings. The highest BCUT2D eigenvalue weighted by Gasteiger charge is 2.42. The molecule has 1 N–H and O–H groups in total. The van der Waals surface area contributed by atoms with Crippen LogP contribution >= 0.6 is 0 Å². The van der Waals surface area contributed by atoms with Gasteiger partial charge >= 0.3 is 5.97 Å². The molecule has 1 unspecified atom stereocenters. The first-order valence-corrected chi connectivity index (χ1v) is 6.50. The molecule has 1 rings (SSSR count). The van der Waals surface area contributed by atoms with Crippen molar-refractivity contribution in [3.63, 3.8) is 0 Å². The van der Waals surface area contributed by atoms with Crippen molar-refractivity contribution >= 4 is 11.9 Å². The lowest BCUT2D eigenvalue weighted by Gasteiger charge is -2.40. The van der Waals surface area contributed by atoms with Gasteiger partial charge in [0.05, 0.1) is 5.41 Å². The second kappa shape index (κ2) is 6.44. The summed E-state index contributed by atoms with van der Waals surface area (Å²) in [5.74, 6) is 1.64. The molecule has 0 aromatic rings. The van der Waals surface area contributed by atoms with Crippen LogP contribution in [-0.4, -0.2) is 35.0 Å². The smallest absolute Gasteiger partial charge is 0.311 e. The number of likely N-dealkylation sites (tertiary alicyclic amines) is 1. The average molecular weight is 251 g/mol. The number of amides is 1. The highest BCUT2D eigenvalue weighted by molar-refractivity contribution is 5.79. The predicted octanol–water partition coefficient (Wildman–Crippen LogP) is 1.89. The van der Waals surface area contributed by atoms with Gasteiger partial charge < -0.3 is 10.0 Å². The monoisotopic (exact) mass is 251 g/mol. The number of aliphatic carboxylic acids is 1. The van der Waals surface area contributed by atoms with Gasteiger partial charge in [-0.15, -0.1) is 12.3 Å². The van der Waals surface area contributed by atoms with Crippen LogP contribution in [0.3, 0.4) is 0 Å². The third kappa shape index (κ3) is 3.25. The topological polar surface area (TPSA) is 57.6 Å². The van der Waals surface area contributed by atoms with E-state index in [0.29, 0.717) is 38.8 Å². The van der Waals surface area contributed by atoms with Gasteiger partial charge in [-0.2, -0.15) is 0 Å². The van der Waals surface area contributed by atoms with E-state index < -0.39 is 11.4 Å². The van der Waals surface area contributed by atoms with Gasteiger partial charge in [-0.05, 0) is 19.3 Å². The van der Waals surface area contributed by atoms with Crippen molar-refractivity contribution in [3.8, 4) is 12.3 Å². The van der Waals surface area contributed by atoms with Gasteiger partial charge in [0.2, 0.25) is 5.91 Å². The molecule has 0 radical (unpaired) electrons. The Kier molecular flexibility index (Phi) is 5.21. The Morgan fingerprint density at radius 1 is 1.50 bits per heavy atom.